The fourth-order valence-corrected chi connectivity index (χ4v) is 0.869. The fourth-order valence-electron chi connectivity index (χ4n) is 0.869. The highest BCUT2D eigenvalue weighted by Gasteiger charge is 2.17. The predicted molar refractivity (Wildman–Crippen MR) is 46.0 cm³/mol. The summed E-state index contributed by atoms with van der Waals surface area (Å²) in [6.45, 7) is 1.65. The summed E-state index contributed by atoms with van der Waals surface area (Å²) in [6.07, 6.45) is 0.512. The summed E-state index contributed by atoms with van der Waals surface area (Å²) in [7, 11) is 0. The average Bonchev–Trinajstić information content (AvgIpc) is 1.77. The van der Waals surface area contributed by atoms with Crippen molar-refractivity contribution in [3.05, 3.63) is 0 Å². The van der Waals surface area contributed by atoms with E-state index < -0.39 is 0 Å². The van der Waals surface area contributed by atoms with Crippen LogP contribution in [0.15, 0.2) is 0 Å². The Morgan fingerprint density at radius 2 is 2.00 bits per heavy atom. The molecule has 0 saturated carbocycles. The molecular formula is C5H14Cl2N2O. The predicted octanol–water partition coefficient (Wildman–Crippen LogP) is -0.489. The topological polar surface area (TPSA) is 58.3 Å². The van der Waals surface area contributed by atoms with Gasteiger partial charge in [-0.2, -0.15) is 0 Å². The van der Waals surface area contributed by atoms with E-state index in [1.807, 2.05) is 0 Å². The third-order valence-electron chi connectivity index (χ3n) is 1.49. The van der Waals surface area contributed by atoms with Gasteiger partial charge in [-0.1, -0.05) is 0 Å². The van der Waals surface area contributed by atoms with Crippen molar-refractivity contribution in [3.8, 4) is 0 Å². The van der Waals surface area contributed by atoms with Gasteiger partial charge >= 0.3 is 0 Å². The summed E-state index contributed by atoms with van der Waals surface area (Å²) in [4.78, 5) is 0. The Bertz CT molecular complexity index is 74.0. The van der Waals surface area contributed by atoms with Crippen molar-refractivity contribution in [2.24, 2.45) is 5.73 Å². The number of piperidine rings is 1. The van der Waals surface area contributed by atoms with Crippen molar-refractivity contribution in [2.75, 3.05) is 13.1 Å². The second kappa shape index (κ2) is 6.19. The highest BCUT2D eigenvalue weighted by molar-refractivity contribution is 5.85. The Morgan fingerprint density at radius 1 is 1.40 bits per heavy atom. The maximum atomic E-state index is 9.01. The first-order valence-electron chi connectivity index (χ1n) is 2.95. The maximum Gasteiger partial charge on any atom is 0.0715 e. The Balaban J connectivity index is 0. The van der Waals surface area contributed by atoms with E-state index in [2.05, 4.69) is 5.32 Å². The van der Waals surface area contributed by atoms with Gasteiger partial charge in [0, 0.05) is 12.6 Å². The number of halogens is 2. The molecule has 4 N–H and O–H groups in total. The molecule has 3 nitrogen and oxygen atoms in total. The van der Waals surface area contributed by atoms with E-state index in [1.54, 1.807) is 0 Å². The van der Waals surface area contributed by atoms with Crippen LogP contribution < -0.4 is 11.1 Å². The lowest BCUT2D eigenvalue weighted by molar-refractivity contribution is 0.116. The van der Waals surface area contributed by atoms with Crippen LogP contribution in [0.3, 0.4) is 0 Å². The molecule has 1 aliphatic rings. The minimum Gasteiger partial charge on any atom is -0.391 e. The van der Waals surface area contributed by atoms with Gasteiger partial charge in [-0.25, -0.2) is 0 Å². The zero-order valence-electron chi connectivity index (χ0n) is 5.62. The SMILES string of the molecule is Cl.Cl.N[C@H]1CNCC[C@@H]1O. The Morgan fingerprint density at radius 3 is 2.30 bits per heavy atom. The maximum absolute atomic E-state index is 9.01. The first kappa shape index (κ1) is 13.1. The molecular weight excluding hydrogens is 175 g/mol. The molecule has 5 heteroatoms. The molecule has 1 heterocycles. The van der Waals surface area contributed by atoms with E-state index in [-0.39, 0.29) is 37.0 Å². The summed E-state index contributed by atoms with van der Waals surface area (Å²) in [5.41, 5.74) is 5.47. The van der Waals surface area contributed by atoms with Gasteiger partial charge < -0.3 is 16.2 Å². The summed E-state index contributed by atoms with van der Waals surface area (Å²) in [5.74, 6) is 0. The zero-order chi connectivity index (χ0) is 5.98. The molecule has 0 aromatic rings. The van der Waals surface area contributed by atoms with Crippen LogP contribution in [0.5, 0.6) is 0 Å². The van der Waals surface area contributed by atoms with E-state index in [4.69, 9.17) is 10.8 Å². The van der Waals surface area contributed by atoms with E-state index in [9.17, 15) is 0 Å². The first-order valence-corrected chi connectivity index (χ1v) is 2.95. The summed E-state index contributed by atoms with van der Waals surface area (Å²) in [5, 5.41) is 12.1. The molecule has 1 rings (SSSR count). The summed E-state index contributed by atoms with van der Waals surface area (Å²) in [6, 6.07) is -0.0521. The number of nitrogens with one attached hydrogen (secondary N) is 1. The van der Waals surface area contributed by atoms with Gasteiger partial charge in [0.05, 0.1) is 6.10 Å². The molecule has 64 valence electrons. The Labute approximate surface area is 73.2 Å². The Kier molecular flexibility index (Phi) is 8.09. The fraction of sp³-hybridized carbons (Fsp3) is 1.00. The van der Waals surface area contributed by atoms with E-state index in [0.29, 0.717) is 0 Å². The van der Waals surface area contributed by atoms with Crippen molar-refractivity contribution in [1.82, 2.24) is 5.32 Å². The molecule has 1 saturated heterocycles. The van der Waals surface area contributed by atoms with Crippen LogP contribution >= 0.6 is 24.8 Å². The highest BCUT2D eigenvalue weighted by atomic mass is 35.5. The smallest absolute Gasteiger partial charge is 0.0715 e. The number of hydrogen-bond acceptors (Lipinski definition) is 3. The minimum absolute atomic E-state index is 0. The molecule has 0 aliphatic carbocycles. The standard InChI is InChI=1S/C5H12N2O.2ClH/c6-4-3-7-2-1-5(4)8;;/h4-5,7-8H,1-3,6H2;2*1H/t4-,5-;;/m0../s1. The number of aliphatic hydroxyl groups excluding tert-OH is 1. The lowest BCUT2D eigenvalue weighted by atomic mass is 10.1. The molecule has 10 heavy (non-hydrogen) atoms. The monoisotopic (exact) mass is 188 g/mol. The number of rotatable bonds is 0. The summed E-state index contributed by atoms with van der Waals surface area (Å²) >= 11 is 0. The van der Waals surface area contributed by atoms with E-state index in [0.717, 1.165) is 19.5 Å². The number of nitrogens with two attached hydrogens (primary N) is 1. The quantitative estimate of drug-likeness (QED) is 0.482. The van der Waals surface area contributed by atoms with Crippen LogP contribution in [0.25, 0.3) is 0 Å². The molecule has 2 atom stereocenters. The second-order valence-corrected chi connectivity index (χ2v) is 2.22. The molecule has 0 spiro atoms. The van der Waals surface area contributed by atoms with Gasteiger partial charge in [0.2, 0.25) is 0 Å². The number of hydrogen-bond donors (Lipinski definition) is 3. The van der Waals surface area contributed by atoms with Crippen molar-refractivity contribution >= 4 is 24.8 Å². The molecule has 0 aromatic heterocycles. The van der Waals surface area contributed by atoms with Crippen molar-refractivity contribution in [3.63, 3.8) is 0 Å². The largest absolute Gasteiger partial charge is 0.391 e. The van der Waals surface area contributed by atoms with Crippen molar-refractivity contribution in [2.45, 2.75) is 18.6 Å². The summed E-state index contributed by atoms with van der Waals surface area (Å²) < 4.78 is 0. The molecule has 0 unspecified atom stereocenters. The highest BCUT2D eigenvalue weighted by Crippen LogP contribution is 1.98. The number of aliphatic hydroxyl groups is 1. The third kappa shape index (κ3) is 3.58. The average molecular weight is 189 g/mol. The lowest BCUT2D eigenvalue weighted by Crippen LogP contribution is -2.49. The zero-order valence-corrected chi connectivity index (χ0v) is 7.25. The lowest BCUT2D eigenvalue weighted by Gasteiger charge is -2.24. The molecule has 0 aromatic carbocycles. The van der Waals surface area contributed by atoms with Crippen LogP contribution in [0.4, 0.5) is 0 Å². The van der Waals surface area contributed by atoms with Crippen LogP contribution in [0, 0.1) is 0 Å². The van der Waals surface area contributed by atoms with Gasteiger partial charge in [0.25, 0.3) is 0 Å². The van der Waals surface area contributed by atoms with E-state index >= 15 is 0 Å². The van der Waals surface area contributed by atoms with E-state index in [1.165, 1.54) is 0 Å². The van der Waals surface area contributed by atoms with Crippen LogP contribution in [-0.4, -0.2) is 30.3 Å². The Hall–Kier alpha value is 0.460. The van der Waals surface area contributed by atoms with Crippen LogP contribution in [-0.2, 0) is 0 Å². The molecule has 0 radical (unpaired) electrons. The van der Waals surface area contributed by atoms with Gasteiger partial charge in [-0.3, -0.25) is 0 Å². The molecule has 1 aliphatic heterocycles. The minimum atomic E-state index is -0.281. The second-order valence-electron chi connectivity index (χ2n) is 2.22. The molecule has 0 amide bonds. The molecule has 1 fully saturated rings. The molecule has 0 bridgehead atoms. The van der Waals surface area contributed by atoms with Crippen molar-refractivity contribution < 1.29 is 5.11 Å². The van der Waals surface area contributed by atoms with Crippen LogP contribution in [0.1, 0.15) is 6.42 Å². The van der Waals surface area contributed by atoms with Gasteiger partial charge in [0.1, 0.15) is 0 Å². The van der Waals surface area contributed by atoms with Gasteiger partial charge in [-0.05, 0) is 13.0 Å². The first-order chi connectivity index (χ1) is 3.80. The van der Waals surface area contributed by atoms with Crippen LogP contribution in [0.2, 0.25) is 0 Å². The van der Waals surface area contributed by atoms with Gasteiger partial charge in [-0.15, -0.1) is 24.8 Å². The van der Waals surface area contributed by atoms with Gasteiger partial charge in [0.15, 0.2) is 0 Å². The normalized spacial score (nSPS) is 31.8. The third-order valence-corrected chi connectivity index (χ3v) is 1.49. The van der Waals surface area contributed by atoms with Crippen molar-refractivity contribution in [1.29, 1.82) is 0 Å².